The van der Waals surface area contributed by atoms with Gasteiger partial charge in [0.1, 0.15) is 18.7 Å². The molecule has 1 N–H and O–H groups in total. The summed E-state index contributed by atoms with van der Waals surface area (Å²) in [6.07, 6.45) is 0.404. The first-order valence-corrected chi connectivity index (χ1v) is 13.6. The highest BCUT2D eigenvalue weighted by Gasteiger charge is 2.56. The molecular weight excluding hydrogens is 468 g/mol. The molecule has 3 saturated heterocycles. The van der Waals surface area contributed by atoms with Gasteiger partial charge in [0.05, 0.1) is 6.10 Å². The van der Waals surface area contributed by atoms with Gasteiger partial charge in [0.25, 0.3) is 5.91 Å². The molecule has 204 valence electrons. The van der Waals surface area contributed by atoms with Crippen LogP contribution < -0.4 is 10.2 Å². The molecule has 2 amide bonds. The second-order valence-electron chi connectivity index (χ2n) is 12.7. The number of carbonyl (C=O) groups is 3. The minimum Gasteiger partial charge on any atom is -0.369 e. The summed E-state index contributed by atoms with van der Waals surface area (Å²) in [7, 11) is 2.13. The molecule has 1 aromatic rings. The molecule has 1 unspecified atom stereocenters. The monoisotopic (exact) mass is 512 g/mol. The first kappa shape index (κ1) is 27.6. The van der Waals surface area contributed by atoms with Gasteiger partial charge >= 0.3 is 0 Å². The average molecular weight is 513 g/mol. The van der Waals surface area contributed by atoms with Gasteiger partial charge in [-0.3, -0.25) is 14.4 Å². The quantitative estimate of drug-likeness (QED) is 0.631. The topological polar surface area (TPSA) is 82.2 Å². The van der Waals surface area contributed by atoms with Gasteiger partial charge in [-0.05, 0) is 48.6 Å². The zero-order chi connectivity index (χ0) is 27.1. The summed E-state index contributed by atoms with van der Waals surface area (Å²) in [4.78, 5) is 46.6. The lowest BCUT2D eigenvalue weighted by atomic mass is 9.78. The van der Waals surface area contributed by atoms with E-state index in [0.717, 1.165) is 31.9 Å². The number of ketones is 1. The molecule has 37 heavy (non-hydrogen) atoms. The molecule has 0 radical (unpaired) electrons. The van der Waals surface area contributed by atoms with Crippen molar-refractivity contribution in [1.29, 1.82) is 0 Å². The van der Waals surface area contributed by atoms with E-state index < -0.39 is 17.5 Å². The summed E-state index contributed by atoms with van der Waals surface area (Å²) in [5, 5.41) is 3.05. The van der Waals surface area contributed by atoms with Crippen LogP contribution in [-0.4, -0.2) is 92.0 Å². The molecule has 3 aliphatic heterocycles. The van der Waals surface area contributed by atoms with Crippen molar-refractivity contribution in [3.63, 3.8) is 0 Å². The smallest absolute Gasteiger partial charge is 0.251 e. The highest BCUT2D eigenvalue weighted by molar-refractivity contribution is 5.99. The summed E-state index contributed by atoms with van der Waals surface area (Å²) < 4.78 is 5.88. The van der Waals surface area contributed by atoms with E-state index in [-0.39, 0.29) is 41.6 Å². The maximum atomic E-state index is 14.1. The third-order valence-electron chi connectivity index (χ3n) is 8.79. The number of rotatable bonds is 6. The number of carbonyl (C=O) groups excluding carboxylic acids is 3. The van der Waals surface area contributed by atoms with Crippen LogP contribution >= 0.6 is 0 Å². The lowest BCUT2D eigenvalue weighted by Crippen LogP contribution is -2.57. The fourth-order valence-corrected chi connectivity index (χ4v) is 5.71. The number of hydrogen-bond acceptors (Lipinski definition) is 6. The van der Waals surface area contributed by atoms with E-state index in [9.17, 15) is 14.4 Å². The molecule has 3 heterocycles. The molecule has 0 aromatic heterocycles. The Kier molecular flexibility index (Phi) is 7.73. The maximum Gasteiger partial charge on any atom is 0.251 e. The number of likely N-dealkylation sites (N-methyl/N-ethyl adjacent to an activating group) is 1. The summed E-state index contributed by atoms with van der Waals surface area (Å²) in [6, 6.07) is 6.30. The minimum absolute atomic E-state index is 0.0412. The van der Waals surface area contributed by atoms with Gasteiger partial charge in [-0.1, -0.05) is 41.5 Å². The molecule has 4 atom stereocenters. The predicted molar refractivity (Wildman–Crippen MR) is 145 cm³/mol. The van der Waals surface area contributed by atoms with Gasteiger partial charge in [0, 0.05) is 49.9 Å². The molecule has 8 nitrogen and oxygen atoms in total. The van der Waals surface area contributed by atoms with E-state index in [1.165, 1.54) is 0 Å². The molecule has 0 aliphatic carbocycles. The van der Waals surface area contributed by atoms with E-state index in [1.807, 2.05) is 45.0 Å². The van der Waals surface area contributed by atoms with Crippen molar-refractivity contribution in [3.8, 4) is 0 Å². The third kappa shape index (κ3) is 5.55. The number of fused-ring (bicyclic) bond motifs is 1. The molecule has 0 bridgehead atoms. The van der Waals surface area contributed by atoms with Gasteiger partial charge in [-0.25, -0.2) is 0 Å². The van der Waals surface area contributed by atoms with Crippen LogP contribution in [0.15, 0.2) is 24.3 Å². The molecule has 3 aliphatic rings. The maximum absolute atomic E-state index is 14.1. The Morgan fingerprint density at radius 3 is 2.24 bits per heavy atom. The number of hydrogen-bond donors (Lipinski definition) is 1. The summed E-state index contributed by atoms with van der Waals surface area (Å²) in [5.74, 6) is -0.475. The van der Waals surface area contributed by atoms with E-state index >= 15 is 0 Å². The van der Waals surface area contributed by atoms with Gasteiger partial charge in [-0.2, -0.15) is 0 Å². The Labute approximate surface area is 221 Å². The zero-order valence-corrected chi connectivity index (χ0v) is 23.5. The van der Waals surface area contributed by atoms with Crippen LogP contribution in [0.25, 0.3) is 0 Å². The standard InChI is InChI=1S/C29H44N4O4/c1-8-29(5,6)25(27(36)33-17-21(28(2,3)4)24-23(33)22(34)18-37-24)30-26(35)19-9-11-20(12-10-19)32-15-13-31(7)14-16-32/h9-12,21,23-25H,8,13-18H2,1-7H3,(H,30,35)/t21-,23+,24+,25?/m0/s1. The zero-order valence-electron chi connectivity index (χ0n) is 23.5. The van der Waals surface area contributed by atoms with Crippen molar-refractivity contribution in [2.75, 3.05) is 51.3 Å². The highest BCUT2D eigenvalue weighted by atomic mass is 16.5. The number of nitrogens with zero attached hydrogens (tertiary/aromatic N) is 3. The number of Topliss-reactive ketones (excluding diaryl/α,β-unsaturated/α-hetero) is 1. The fraction of sp³-hybridized carbons (Fsp3) is 0.690. The van der Waals surface area contributed by atoms with Crippen LogP contribution in [0.2, 0.25) is 0 Å². The number of nitrogens with one attached hydrogen (secondary N) is 1. The Balaban J connectivity index is 1.53. The van der Waals surface area contributed by atoms with Crippen LogP contribution in [0.5, 0.6) is 0 Å². The first-order chi connectivity index (χ1) is 17.3. The highest BCUT2D eigenvalue weighted by Crippen LogP contribution is 2.42. The Bertz CT molecular complexity index is 1010. The van der Waals surface area contributed by atoms with Crippen molar-refractivity contribution in [3.05, 3.63) is 29.8 Å². The molecular formula is C29H44N4O4. The van der Waals surface area contributed by atoms with E-state index in [2.05, 4.69) is 42.9 Å². The van der Waals surface area contributed by atoms with E-state index in [1.54, 1.807) is 4.90 Å². The molecule has 1 aromatic carbocycles. The second kappa shape index (κ2) is 10.4. The van der Waals surface area contributed by atoms with Crippen LogP contribution in [-0.2, 0) is 14.3 Å². The second-order valence-corrected chi connectivity index (χ2v) is 12.7. The summed E-state index contributed by atoms with van der Waals surface area (Å²) >= 11 is 0. The Morgan fingerprint density at radius 2 is 1.68 bits per heavy atom. The lowest BCUT2D eigenvalue weighted by Gasteiger charge is -2.37. The summed E-state index contributed by atoms with van der Waals surface area (Å²) in [6.45, 7) is 16.8. The van der Waals surface area contributed by atoms with Crippen LogP contribution in [0.1, 0.15) is 58.3 Å². The van der Waals surface area contributed by atoms with Crippen LogP contribution in [0, 0.1) is 16.7 Å². The van der Waals surface area contributed by atoms with Gasteiger partial charge < -0.3 is 24.8 Å². The Morgan fingerprint density at radius 1 is 1.05 bits per heavy atom. The largest absolute Gasteiger partial charge is 0.369 e. The van der Waals surface area contributed by atoms with Gasteiger partial charge in [0.15, 0.2) is 5.78 Å². The summed E-state index contributed by atoms with van der Waals surface area (Å²) in [5.41, 5.74) is 1.01. The number of likely N-dealkylation sites (tertiary alicyclic amines) is 1. The predicted octanol–water partition coefficient (Wildman–Crippen LogP) is 2.81. The van der Waals surface area contributed by atoms with Crippen LogP contribution in [0.4, 0.5) is 5.69 Å². The number of piperazine rings is 1. The van der Waals surface area contributed by atoms with Crippen LogP contribution in [0.3, 0.4) is 0 Å². The molecule has 4 rings (SSSR count). The van der Waals surface area contributed by atoms with E-state index in [0.29, 0.717) is 18.5 Å². The van der Waals surface area contributed by atoms with Crippen molar-refractivity contribution in [1.82, 2.24) is 15.1 Å². The number of ether oxygens (including phenoxy) is 1. The van der Waals surface area contributed by atoms with E-state index in [4.69, 9.17) is 4.74 Å². The molecule has 0 saturated carbocycles. The average Bonchev–Trinajstić information content (AvgIpc) is 3.43. The van der Waals surface area contributed by atoms with Gasteiger partial charge in [-0.15, -0.1) is 0 Å². The fourth-order valence-electron chi connectivity index (χ4n) is 5.71. The lowest BCUT2D eigenvalue weighted by molar-refractivity contribution is -0.140. The molecule has 3 fully saturated rings. The van der Waals surface area contributed by atoms with Crippen molar-refractivity contribution in [2.24, 2.45) is 16.7 Å². The SMILES string of the molecule is CCC(C)(C)C(NC(=O)c1ccc(N2CCN(C)CC2)cc1)C(=O)N1C[C@H](C(C)(C)C)[C@H]2OCC(=O)[C@H]21. The molecule has 8 heteroatoms. The Hall–Kier alpha value is -2.45. The third-order valence-corrected chi connectivity index (χ3v) is 8.79. The number of amides is 2. The van der Waals surface area contributed by atoms with Gasteiger partial charge in [0.2, 0.25) is 5.91 Å². The van der Waals surface area contributed by atoms with Crippen molar-refractivity contribution < 1.29 is 19.1 Å². The first-order valence-electron chi connectivity index (χ1n) is 13.6. The molecule has 0 spiro atoms. The van der Waals surface area contributed by atoms with Crippen molar-refractivity contribution >= 4 is 23.3 Å². The van der Waals surface area contributed by atoms with Crippen molar-refractivity contribution in [2.45, 2.75) is 66.2 Å². The number of benzene rings is 1. The normalized spacial score (nSPS) is 25.8. The number of anilines is 1. The minimum atomic E-state index is -0.755.